The number of aliphatic hydroxyl groups excluding tert-OH is 1. The Morgan fingerprint density at radius 1 is 1.07 bits per heavy atom. The van der Waals surface area contributed by atoms with Crippen LogP contribution in [0.15, 0.2) is 48.0 Å². The molecule has 2 aromatic carbocycles. The van der Waals surface area contributed by atoms with Crippen molar-refractivity contribution < 1.29 is 29.0 Å². The molecule has 14 heteroatoms. The summed E-state index contributed by atoms with van der Waals surface area (Å²) < 4.78 is 6.02. The van der Waals surface area contributed by atoms with E-state index in [2.05, 4.69) is 20.5 Å². The molecular formula is C42H57ClN6O6S. The van der Waals surface area contributed by atoms with E-state index >= 15 is 0 Å². The number of primary amides is 1. The van der Waals surface area contributed by atoms with Gasteiger partial charge in [-0.15, -0.1) is 11.3 Å². The SMILES string of the molecule is Cc1ncsc1-c1ccc([C@H](C)NC(=O)[C@@H]2C[C@@H](O)CN2C(=O)[C@@H](NC(=O)CN2CCC(c3cccc(OC[C@@H](C)CCC(N)=O)c3Cl)CC2)C(C)(C)C)cc1. The van der Waals surface area contributed by atoms with E-state index in [4.69, 9.17) is 22.1 Å². The van der Waals surface area contributed by atoms with Gasteiger partial charge in [-0.05, 0) is 86.2 Å². The van der Waals surface area contributed by atoms with Crippen LogP contribution in [-0.2, 0) is 19.2 Å². The van der Waals surface area contributed by atoms with Crippen molar-refractivity contribution in [3.8, 4) is 16.2 Å². The van der Waals surface area contributed by atoms with E-state index < -0.39 is 29.5 Å². The van der Waals surface area contributed by atoms with Gasteiger partial charge in [-0.25, -0.2) is 4.98 Å². The van der Waals surface area contributed by atoms with Crippen molar-refractivity contribution in [1.29, 1.82) is 0 Å². The van der Waals surface area contributed by atoms with Gasteiger partial charge in [0.15, 0.2) is 0 Å². The van der Waals surface area contributed by atoms with Gasteiger partial charge in [0.25, 0.3) is 0 Å². The van der Waals surface area contributed by atoms with E-state index in [0.29, 0.717) is 43.3 Å². The summed E-state index contributed by atoms with van der Waals surface area (Å²) in [6.45, 7) is 13.4. The predicted molar refractivity (Wildman–Crippen MR) is 219 cm³/mol. The lowest BCUT2D eigenvalue weighted by Gasteiger charge is -2.36. The minimum atomic E-state index is -0.909. The largest absolute Gasteiger partial charge is 0.492 e. The summed E-state index contributed by atoms with van der Waals surface area (Å²) in [5.74, 6) is -0.384. The van der Waals surface area contributed by atoms with Crippen molar-refractivity contribution in [2.75, 3.05) is 32.8 Å². The molecule has 2 saturated heterocycles. The highest BCUT2D eigenvalue weighted by molar-refractivity contribution is 7.13. The highest BCUT2D eigenvalue weighted by Gasteiger charge is 2.45. The number of nitrogens with zero attached hydrogens (tertiary/aromatic N) is 3. The summed E-state index contributed by atoms with van der Waals surface area (Å²) in [6, 6.07) is 11.7. The smallest absolute Gasteiger partial charge is 0.246 e. The number of amides is 4. The number of rotatable bonds is 15. The fourth-order valence-electron chi connectivity index (χ4n) is 7.49. The molecule has 5 rings (SSSR count). The minimum absolute atomic E-state index is 0.00722. The number of benzene rings is 2. The molecule has 2 aliphatic heterocycles. The molecule has 0 unspecified atom stereocenters. The van der Waals surface area contributed by atoms with E-state index in [1.165, 1.54) is 4.90 Å². The second-order valence-electron chi connectivity index (χ2n) is 16.5. The standard InChI is InChI=1S/C42H57ClN6O6S/c1-25(10-15-35(44)51)23-55-34-9-7-8-32(37(34)43)29-16-18-48(19-17-29)22-36(52)47-39(42(4,5)6)41(54)49-21-31(50)20-33(49)40(53)46-26(2)28-11-13-30(14-12-28)38-27(3)45-24-56-38/h7-9,11-14,24-26,29,31,33,39,50H,10,15-23H2,1-6H3,(H2,44,51)(H,46,53)(H,47,52)/t25-,26-,31+,33-,39+/m0/s1. The maximum atomic E-state index is 14.2. The minimum Gasteiger partial charge on any atom is -0.492 e. The monoisotopic (exact) mass is 808 g/mol. The normalized spacial score (nSPS) is 19.6. The zero-order valence-corrected chi connectivity index (χ0v) is 34.9. The number of aromatic nitrogens is 1. The molecule has 5 N–H and O–H groups in total. The fourth-order valence-corrected chi connectivity index (χ4v) is 8.63. The van der Waals surface area contributed by atoms with Crippen LogP contribution in [0.3, 0.4) is 0 Å². The second kappa shape index (κ2) is 18.9. The average Bonchev–Trinajstić information content (AvgIpc) is 3.77. The Morgan fingerprint density at radius 2 is 1.77 bits per heavy atom. The number of carbonyl (C=O) groups is 4. The van der Waals surface area contributed by atoms with Crippen molar-refractivity contribution in [3.63, 3.8) is 0 Å². The number of thiazole rings is 1. The number of halogens is 1. The van der Waals surface area contributed by atoms with Crippen LogP contribution in [0.2, 0.25) is 5.02 Å². The molecule has 4 amide bonds. The summed E-state index contributed by atoms with van der Waals surface area (Å²) in [6.07, 6.45) is 1.81. The molecule has 0 aliphatic carbocycles. The maximum Gasteiger partial charge on any atom is 0.246 e. The Bertz CT molecular complexity index is 1840. The molecular weight excluding hydrogens is 752 g/mol. The van der Waals surface area contributed by atoms with Crippen molar-refractivity contribution in [2.24, 2.45) is 17.1 Å². The van der Waals surface area contributed by atoms with E-state index in [1.54, 1.807) is 11.3 Å². The van der Waals surface area contributed by atoms with Gasteiger partial charge in [0.2, 0.25) is 23.6 Å². The first kappa shape index (κ1) is 43.1. The third-order valence-corrected chi connectivity index (χ3v) is 12.2. The van der Waals surface area contributed by atoms with Gasteiger partial charge in [-0.3, -0.25) is 24.1 Å². The van der Waals surface area contributed by atoms with Crippen LogP contribution in [0.5, 0.6) is 5.75 Å². The molecule has 3 heterocycles. The number of nitrogens with two attached hydrogens (primary N) is 1. The molecule has 0 bridgehead atoms. The first-order chi connectivity index (χ1) is 26.5. The average molecular weight is 809 g/mol. The number of piperidine rings is 1. The number of carbonyl (C=O) groups excluding carboxylic acids is 4. The summed E-state index contributed by atoms with van der Waals surface area (Å²) in [4.78, 5) is 61.4. The Balaban J connectivity index is 1.15. The number of aryl methyl sites for hydroxylation is 1. The Labute approximate surface area is 339 Å². The molecule has 2 fully saturated rings. The summed E-state index contributed by atoms with van der Waals surface area (Å²) in [7, 11) is 0. The quantitative estimate of drug-likeness (QED) is 0.154. The van der Waals surface area contributed by atoms with Crippen LogP contribution >= 0.6 is 22.9 Å². The van der Waals surface area contributed by atoms with Gasteiger partial charge < -0.3 is 31.1 Å². The lowest BCUT2D eigenvalue weighted by Crippen LogP contribution is -2.59. The number of β-amino-alcohol motifs (C(OH)–C–C–N with tert-alkyl or cyclic N) is 1. The number of aliphatic hydroxyl groups is 1. The lowest BCUT2D eigenvalue weighted by molar-refractivity contribution is -0.144. The van der Waals surface area contributed by atoms with Crippen LogP contribution in [0.1, 0.15) is 95.5 Å². The number of likely N-dealkylation sites (tertiary alicyclic amines) is 2. The first-order valence-corrected chi connectivity index (χ1v) is 20.8. The summed E-state index contributed by atoms with van der Waals surface area (Å²) in [5.41, 5.74) is 10.4. The van der Waals surface area contributed by atoms with Crippen LogP contribution < -0.4 is 21.1 Å². The lowest BCUT2D eigenvalue weighted by atomic mass is 9.85. The molecule has 1 aromatic heterocycles. The highest BCUT2D eigenvalue weighted by Crippen LogP contribution is 2.38. The van der Waals surface area contributed by atoms with E-state index in [-0.39, 0.29) is 55.1 Å². The van der Waals surface area contributed by atoms with Gasteiger partial charge in [0, 0.05) is 19.4 Å². The topological polar surface area (TPSA) is 167 Å². The zero-order chi connectivity index (χ0) is 40.7. The van der Waals surface area contributed by atoms with Gasteiger partial charge in [-0.1, -0.05) is 75.7 Å². The Kier molecular flexibility index (Phi) is 14.6. The first-order valence-electron chi connectivity index (χ1n) is 19.5. The molecule has 12 nitrogen and oxygen atoms in total. The second-order valence-corrected chi connectivity index (χ2v) is 17.7. The van der Waals surface area contributed by atoms with Crippen molar-refractivity contribution in [1.82, 2.24) is 25.4 Å². The zero-order valence-electron chi connectivity index (χ0n) is 33.3. The van der Waals surface area contributed by atoms with Crippen molar-refractivity contribution >= 4 is 46.6 Å². The number of hydrogen-bond donors (Lipinski definition) is 4. The van der Waals surface area contributed by atoms with E-state index in [9.17, 15) is 24.3 Å². The molecule has 0 spiro atoms. The molecule has 0 saturated carbocycles. The Hall–Kier alpha value is -4.04. The third kappa shape index (κ3) is 11.1. The predicted octanol–water partition coefficient (Wildman–Crippen LogP) is 5.60. The van der Waals surface area contributed by atoms with Crippen LogP contribution in [-0.4, -0.2) is 94.5 Å². The maximum absolute atomic E-state index is 14.2. The van der Waals surface area contributed by atoms with Gasteiger partial charge in [0.1, 0.15) is 17.8 Å². The Morgan fingerprint density at radius 3 is 2.39 bits per heavy atom. The van der Waals surface area contributed by atoms with Crippen molar-refractivity contribution in [2.45, 2.75) is 104 Å². The van der Waals surface area contributed by atoms with Crippen LogP contribution in [0, 0.1) is 18.3 Å². The molecule has 2 aliphatic rings. The van der Waals surface area contributed by atoms with Gasteiger partial charge in [0.05, 0.1) is 46.4 Å². The fraction of sp³-hybridized carbons (Fsp3) is 0.548. The van der Waals surface area contributed by atoms with Gasteiger partial charge >= 0.3 is 0 Å². The number of hydrogen-bond acceptors (Lipinski definition) is 9. The van der Waals surface area contributed by atoms with Crippen LogP contribution in [0.4, 0.5) is 0 Å². The third-order valence-electron chi connectivity index (χ3n) is 10.9. The molecule has 5 atom stereocenters. The highest BCUT2D eigenvalue weighted by atomic mass is 35.5. The number of nitrogens with one attached hydrogen (secondary N) is 2. The summed E-state index contributed by atoms with van der Waals surface area (Å²) >= 11 is 8.40. The molecule has 56 heavy (non-hydrogen) atoms. The van der Waals surface area contributed by atoms with E-state index in [0.717, 1.165) is 40.1 Å². The van der Waals surface area contributed by atoms with E-state index in [1.807, 2.05) is 89.5 Å². The molecule has 3 aromatic rings. The number of ether oxygens (including phenoxy) is 1. The van der Waals surface area contributed by atoms with Crippen molar-refractivity contribution in [3.05, 3.63) is 69.8 Å². The molecule has 304 valence electrons. The van der Waals surface area contributed by atoms with Gasteiger partial charge in [-0.2, -0.15) is 0 Å². The molecule has 0 radical (unpaired) electrons. The van der Waals surface area contributed by atoms with Crippen LogP contribution in [0.25, 0.3) is 10.4 Å². The summed E-state index contributed by atoms with van der Waals surface area (Å²) in [5, 5.41) is 17.3.